The van der Waals surface area contributed by atoms with Gasteiger partial charge in [0, 0.05) is 18.8 Å². The average Bonchev–Trinajstić information content (AvgIpc) is 3.23. The number of carbonyl (C=O) groups is 4. The summed E-state index contributed by atoms with van der Waals surface area (Å²) in [4.78, 5) is 52.1. The summed E-state index contributed by atoms with van der Waals surface area (Å²) in [5.41, 5.74) is 1.12. The van der Waals surface area contributed by atoms with Crippen molar-refractivity contribution < 1.29 is 37.1 Å². The van der Waals surface area contributed by atoms with Crippen LogP contribution in [0.25, 0.3) is 0 Å². The van der Waals surface area contributed by atoms with E-state index in [4.69, 9.17) is 9.47 Å². The fourth-order valence-electron chi connectivity index (χ4n) is 4.37. The van der Waals surface area contributed by atoms with Gasteiger partial charge in [0.1, 0.15) is 0 Å². The molecule has 3 aromatic carbocycles. The summed E-state index contributed by atoms with van der Waals surface area (Å²) in [6.45, 7) is 2.59. The summed E-state index contributed by atoms with van der Waals surface area (Å²) in [7, 11) is -3.68. The number of nitrogens with one attached hydrogen (secondary N) is 1. The second-order valence-corrected chi connectivity index (χ2v) is 11.1. The first-order valence-electron chi connectivity index (χ1n) is 12.4. The lowest BCUT2D eigenvalue weighted by Crippen LogP contribution is -2.40. The number of sulfonamides is 1. The molecule has 3 aromatic rings. The second-order valence-electron chi connectivity index (χ2n) is 9.12. The molecule has 206 valence electrons. The third-order valence-corrected chi connectivity index (χ3v) is 8.43. The molecule has 11 nitrogen and oxygen atoms in total. The molecule has 12 heteroatoms. The van der Waals surface area contributed by atoms with Crippen LogP contribution in [0.1, 0.15) is 38.0 Å². The number of esters is 1. The highest BCUT2D eigenvalue weighted by atomic mass is 32.2. The van der Waals surface area contributed by atoms with Gasteiger partial charge in [0.05, 0.1) is 40.5 Å². The third kappa shape index (κ3) is 5.24. The van der Waals surface area contributed by atoms with Crippen LogP contribution in [0.15, 0.2) is 77.7 Å². The molecule has 2 aliphatic heterocycles. The van der Waals surface area contributed by atoms with Crippen molar-refractivity contribution in [2.24, 2.45) is 0 Å². The molecule has 0 unspecified atom stereocenters. The van der Waals surface area contributed by atoms with E-state index in [2.05, 4.69) is 5.32 Å². The monoisotopic (exact) mass is 563 g/mol. The lowest BCUT2D eigenvalue weighted by molar-refractivity contribution is -0.123. The normalized spacial score (nSPS) is 16.4. The molecule has 0 saturated carbocycles. The zero-order valence-electron chi connectivity index (χ0n) is 21.4. The van der Waals surface area contributed by atoms with E-state index in [0.717, 1.165) is 4.90 Å². The van der Waals surface area contributed by atoms with Gasteiger partial charge in [-0.05, 0) is 61.5 Å². The number of carbonyl (C=O) groups excluding carboxylic acids is 4. The van der Waals surface area contributed by atoms with Crippen LogP contribution in [-0.2, 0) is 24.3 Å². The van der Waals surface area contributed by atoms with Gasteiger partial charge in [-0.25, -0.2) is 18.1 Å². The number of morpholine rings is 1. The molecule has 0 aliphatic carbocycles. The summed E-state index contributed by atoms with van der Waals surface area (Å²) in [5, 5.41) is 2.59. The van der Waals surface area contributed by atoms with Crippen LogP contribution >= 0.6 is 0 Å². The van der Waals surface area contributed by atoms with Crippen molar-refractivity contribution in [1.29, 1.82) is 0 Å². The van der Waals surface area contributed by atoms with Gasteiger partial charge in [-0.2, -0.15) is 4.31 Å². The number of amides is 3. The van der Waals surface area contributed by atoms with Crippen LogP contribution in [0.4, 0.5) is 11.4 Å². The van der Waals surface area contributed by atoms with Crippen molar-refractivity contribution in [2.75, 3.05) is 36.5 Å². The zero-order chi connectivity index (χ0) is 28.4. The topological polar surface area (TPSA) is 139 Å². The Bertz CT molecular complexity index is 1560. The Kier molecular flexibility index (Phi) is 7.48. The van der Waals surface area contributed by atoms with Crippen molar-refractivity contribution in [3.8, 4) is 0 Å². The van der Waals surface area contributed by atoms with Gasteiger partial charge in [0.15, 0.2) is 6.10 Å². The van der Waals surface area contributed by atoms with Gasteiger partial charge in [-0.3, -0.25) is 14.4 Å². The molecule has 2 aliphatic rings. The number of benzene rings is 3. The predicted molar refractivity (Wildman–Crippen MR) is 144 cm³/mol. The number of hydrogen-bond acceptors (Lipinski definition) is 8. The number of fused-ring (bicyclic) bond motifs is 1. The van der Waals surface area contributed by atoms with E-state index in [1.165, 1.54) is 59.8 Å². The largest absolute Gasteiger partial charge is 0.449 e. The first kappa shape index (κ1) is 27.2. The summed E-state index contributed by atoms with van der Waals surface area (Å²) < 4.78 is 37.4. The number of ether oxygens (including phenoxy) is 2. The highest BCUT2D eigenvalue weighted by molar-refractivity contribution is 7.89. The maximum absolute atomic E-state index is 12.8. The third-order valence-electron chi connectivity index (χ3n) is 6.52. The van der Waals surface area contributed by atoms with Crippen molar-refractivity contribution in [2.45, 2.75) is 17.9 Å². The average molecular weight is 564 g/mol. The maximum Gasteiger partial charge on any atom is 0.338 e. The Balaban J connectivity index is 1.22. The van der Waals surface area contributed by atoms with Gasteiger partial charge in [0.25, 0.3) is 17.7 Å². The lowest BCUT2D eigenvalue weighted by Gasteiger charge is -2.26. The summed E-state index contributed by atoms with van der Waals surface area (Å²) >= 11 is 0. The van der Waals surface area contributed by atoms with Crippen LogP contribution in [0, 0.1) is 0 Å². The summed E-state index contributed by atoms with van der Waals surface area (Å²) in [5.74, 6) is -2.45. The molecule has 5 rings (SSSR count). The van der Waals surface area contributed by atoms with E-state index < -0.39 is 39.8 Å². The minimum Gasteiger partial charge on any atom is -0.449 e. The quantitative estimate of drug-likeness (QED) is 0.342. The molecule has 0 spiro atoms. The molecule has 40 heavy (non-hydrogen) atoms. The van der Waals surface area contributed by atoms with E-state index in [1.54, 1.807) is 24.3 Å². The van der Waals surface area contributed by atoms with Crippen molar-refractivity contribution in [3.05, 3.63) is 89.5 Å². The fraction of sp³-hybridized carbons (Fsp3) is 0.214. The molecule has 1 atom stereocenters. The van der Waals surface area contributed by atoms with Crippen molar-refractivity contribution >= 4 is 45.1 Å². The highest BCUT2D eigenvalue weighted by Crippen LogP contribution is 2.29. The summed E-state index contributed by atoms with van der Waals surface area (Å²) in [6.07, 6.45) is -1.20. The minimum atomic E-state index is -3.68. The zero-order valence-corrected chi connectivity index (χ0v) is 22.2. The first-order chi connectivity index (χ1) is 19.2. The molecule has 2 heterocycles. The van der Waals surface area contributed by atoms with Gasteiger partial charge in [-0.1, -0.05) is 18.2 Å². The van der Waals surface area contributed by atoms with Crippen LogP contribution in [0.3, 0.4) is 0 Å². The number of imide groups is 1. The molecular formula is C28H25N3O8S. The molecule has 1 saturated heterocycles. The molecule has 0 aromatic heterocycles. The Morgan fingerprint density at radius 3 is 2.15 bits per heavy atom. The second kappa shape index (κ2) is 11.0. The molecule has 1 fully saturated rings. The Morgan fingerprint density at radius 1 is 0.900 bits per heavy atom. The van der Waals surface area contributed by atoms with Gasteiger partial charge < -0.3 is 14.8 Å². The lowest BCUT2D eigenvalue weighted by atomic mass is 10.1. The molecule has 0 radical (unpaired) electrons. The molecule has 3 amide bonds. The minimum absolute atomic E-state index is 0.0476. The van der Waals surface area contributed by atoms with E-state index in [-0.39, 0.29) is 40.4 Å². The predicted octanol–water partition coefficient (Wildman–Crippen LogP) is 2.69. The number of hydrogen-bond donors (Lipinski definition) is 1. The molecular weight excluding hydrogens is 538 g/mol. The SMILES string of the molecule is C[C@H](OC(=O)c1cccc(N2C(=O)c3ccccc3C2=O)c1)C(=O)Nc1ccc(S(=O)(=O)N2CCOCC2)cc1. The number of anilines is 2. The van der Waals surface area contributed by atoms with Crippen LogP contribution in [0.5, 0.6) is 0 Å². The smallest absolute Gasteiger partial charge is 0.338 e. The van der Waals surface area contributed by atoms with Gasteiger partial charge in [0.2, 0.25) is 10.0 Å². The van der Waals surface area contributed by atoms with Crippen molar-refractivity contribution in [3.63, 3.8) is 0 Å². The molecule has 1 N–H and O–H groups in total. The fourth-order valence-corrected chi connectivity index (χ4v) is 5.78. The summed E-state index contributed by atoms with van der Waals surface area (Å²) in [6, 6.07) is 18.0. The number of nitrogens with zero attached hydrogens (tertiary/aromatic N) is 2. The van der Waals surface area contributed by atoms with Crippen LogP contribution in [-0.4, -0.2) is 68.8 Å². The highest BCUT2D eigenvalue weighted by Gasteiger charge is 2.36. The van der Waals surface area contributed by atoms with E-state index in [1.807, 2.05) is 0 Å². The standard InChI is InChI=1S/C28H25N3O8S/c1-18(25(32)29-20-9-11-22(12-10-20)40(36,37)30-13-15-38-16-14-30)39-28(35)19-5-4-6-21(17-19)31-26(33)23-7-2-3-8-24(23)27(31)34/h2-12,17-18H,13-16H2,1H3,(H,29,32)/t18-/m0/s1. The van der Waals surface area contributed by atoms with E-state index in [0.29, 0.717) is 18.9 Å². The van der Waals surface area contributed by atoms with E-state index in [9.17, 15) is 27.6 Å². The number of rotatable bonds is 7. The molecule has 0 bridgehead atoms. The van der Waals surface area contributed by atoms with Gasteiger partial charge >= 0.3 is 5.97 Å². The maximum atomic E-state index is 12.8. The Hall–Kier alpha value is -4.39. The van der Waals surface area contributed by atoms with E-state index >= 15 is 0 Å². The van der Waals surface area contributed by atoms with Crippen LogP contribution in [0.2, 0.25) is 0 Å². The van der Waals surface area contributed by atoms with Gasteiger partial charge in [-0.15, -0.1) is 0 Å². The Morgan fingerprint density at radius 2 is 1.52 bits per heavy atom. The Labute approximate surface area is 230 Å². The van der Waals surface area contributed by atoms with Crippen molar-refractivity contribution in [1.82, 2.24) is 4.31 Å². The first-order valence-corrected chi connectivity index (χ1v) is 13.9. The van der Waals surface area contributed by atoms with Crippen LogP contribution < -0.4 is 10.2 Å².